The number of hydrogen-bond acceptors (Lipinski definition) is 3. The zero-order chi connectivity index (χ0) is 14.1. The van der Waals surface area contributed by atoms with E-state index in [4.69, 9.17) is 11.6 Å². The minimum absolute atomic E-state index is 0.279. The summed E-state index contributed by atoms with van der Waals surface area (Å²) in [5.74, 6) is 0.796. The first-order valence-electron chi connectivity index (χ1n) is 6.29. The van der Waals surface area contributed by atoms with Crippen molar-refractivity contribution < 1.29 is 4.39 Å². The van der Waals surface area contributed by atoms with Crippen LogP contribution >= 0.6 is 22.9 Å². The molecule has 1 aromatic carbocycles. The highest BCUT2D eigenvalue weighted by Gasteiger charge is 2.11. The zero-order valence-electron chi connectivity index (χ0n) is 10.9. The Labute approximate surface area is 125 Å². The Morgan fingerprint density at radius 3 is 2.90 bits per heavy atom. The van der Waals surface area contributed by atoms with Gasteiger partial charge in [-0.1, -0.05) is 0 Å². The van der Waals surface area contributed by atoms with Gasteiger partial charge in [-0.3, -0.25) is 0 Å². The normalized spacial score (nSPS) is 11.3. The number of imidazole rings is 1. The van der Waals surface area contributed by atoms with Crippen molar-refractivity contribution in [3.63, 3.8) is 0 Å². The smallest absolute Gasteiger partial charge is 0.125 e. The predicted molar refractivity (Wildman–Crippen MR) is 79.8 cm³/mol. The molecule has 3 rings (SSSR count). The van der Waals surface area contributed by atoms with Gasteiger partial charge in [-0.15, -0.1) is 22.9 Å². The monoisotopic (exact) mass is 309 g/mol. The molecule has 0 aliphatic heterocycles. The first-order chi connectivity index (χ1) is 9.67. The van der Waals surface area contributed by atoms with Crippen molar-refractivity contribution in [2.75, 3.05) is 0 Å². The Kier molecular flexibility index (Phi) is 3.72. The molecule has 0 fully saturated rings. The third-order valence-electron chi connectivity index (χ3n) is 3.17. The van der Waals surface area contributed by atoms with Crippen molar-refractivity contribution in [2.45, 2.75) is 25.8 Å². The highest BCUT2D eigenvalue weighted by molar-refractivity contribution is 7.09. The Hall–Kier alpha value is -1.46. The number of benzene rings is 1. The molecular weight excluding hydrogens is 297 g/mol. The quantitative estimate of drug-likeness (QED) is 0.684. The van der Waals surface area contributed by atoms with Gasteiger partial charge < -0.3 is 4.57 Å². The number of fused-ring (bicyclic) bond motifs is 1. The molecule has 0 aliphatic rings. The molecule has 0 unspecified atom stereocenters. The molecule has 0 amide bonds. The molecule has 3 aromatic rings. The summed E-state index contributed by atoms with van der Waals surface area (Å²) in [7, 11) is 0. The largest absolute Gasteiger partial charge is 0.327 e. The van der Waals surface area contributed by atoms with Gasteiger partial charge in [-0.2, -0.15) is 0 Å². The van der Waals surface area contributed by atoms with Crippen molar-refractivity contribution in [3.8, 4) is 0 Å². The molecular formula is C14H13ClFN3S. The molecule has 0 spiro atoms. The molecule has 3 nitrogen and oxygen atoms in total. The Morgan fingerprint density at radius 2 is 2.20 bits per heavy atom. The summed E-state index contributed by atoms with van der Waals surface area (Å²) >= 11 is 7.58. The summed E-state index contributed by atoms with van der Waals surface area (Å²) in [4.78, 5) is 8.83. The molecule has 2 heterocycles. The number of aryl methyl sites for hydroxylation is 3. The lowest BCUT2D eigenvalue weighted by molar-refractivity contribution is 0.629. The second-order valence-electron chi connectivity index (χ2n) is 4.55. The van der Waals surface area contributed by atoms with Gasteiger partial charge in [0.2, 0.25) is 0 Å². The second-order valence-corrected chi connectivity index (χ2v) is 5.88. The summed E-state index contributed by atoms with van der Waals surface area (Å²) < 4.78 is 15.3. The molecule has 104 valence electrons. The molecule has 0 saturated heterocycles. The highest BCUT2D eigenvalue weighted by atomic mass is 35.5. The lowest BCUT2D eigenvalue weighted by Crippen LogP contribution is -2.05. The van der Waals surface area contributed by atoms with E-state index in [1.165, 1.54) is 12.1 Å². The first kappa shape index (κ1) is 13.5. The van der Waals surface area contributed by atoms with E-state index in [2.05, 4.69) is 15.3 Å². The zero-order valence-corrected chi connectivity index (χ0v) is 12.5. The lowest BCUT2D eigenvalue weighted by atomic mass is 10.3. The average molecular weight is 310 g/mol. The number of nitrogens with zero attached hydrogens (tertiary/aromatic N) is 3. The van der Waals surface area contributed by atoms with E-state index >= 15 is 0 Å². The van der Waals surface area contributed by atoms with E-state index in [0.717, 1.165) is 35.0 Å². The van der Waals surface area contributed by atoms with E-state index in [9.17, 15) is 4.39 Å². The van der Waals surface area contributed by atoms with E-state index in [0.29, 0.717) is 11.4 Å². The van der Waals surface area contributed by atoms with E-state index < -0.39 is 0 Å². The highest BCUT2D eigenvalue weighted by Crippen LogP contribution is 2.20. The standard InChI is InChI=1S/C14H13ClFN3S/c1-9-17-11(8-20-9)4-5-19-13-3-2-10(16)6-12(13)18-14(19)7-15/h2-3,6,8H,4-5,7H2,1H3. The molecule has 2 aromatic heterocycles. The van der Waals surface area contributed by atoms with Crippen LogP contribution < -0.4 is 0 Å². The van der Waals surface area contributed by atoms with Crippen LogP contribution in [0.5, 0.6) is 0 Å². The van der Waals surface area contributed by atoms with Gasteiger partial charge in [0.15, 0.2) is 0 Å². The summed E-state index contributed by atoms with van der Waals surface area (Å²) in [5, 5.41) is 3.13. The fraction of sp³-hybridized carbons (Fsp3) is 0.286. The van der Waals surface area contributed by atoms with Gasteiger partial charge in [0, 0.05) is 24.4 Å². The first-order valence-corrected chi connectivity index (χ1v) is 7.70. The molecule has 0 bridgehead atoms. The number of rotatable bonds is 4. The van der Waals surface area contributed by atoms with Gasteiger partial charge in [0.05, 0.1) is 27.6 Å². The topological polar surface area (TPSA) is 30.7 Å². The van der Waals surface area contributed by atoms with Crippen molar-refractivity contribution >= 4 is 34.0 Å². The van der Waals surface area contributed by atoms with Crippen LogP contribution in [0.25, 0.3) is 11.0 Å². The molecule has 0 saturated carbocycles. The molecule has 6 heteroatoms. The average Bonchev–Trinajstić information content (AvgIpc) is 2.99. The molecule has 0 N–H and O–H groups in total. The number of aromatic nitrogens is 3. The summed E-state index contributed by atoms with van der Waals surface area (Å²) in [6.45, 7) is 2.74. The molecule has 20 heavy (non-hydrogen) atoms. The van der Waals surface area contributed by atoms with Crippen molar-refractivity contribution in [1.82, 2.24) is 14.5 Å². The van der Waals surface area contributed by atoms with Crippen molar-refractivity contribution in [1.29, 1.82) is 0 Å². The minimum atomic E-state index is -0.279. The van der Waals surface area contributed by atoms with Crippen LogP contribution in [-0.2, 0) is 18.8 Å². The summed E-state index contributed by atoms with van der Waals surface area (Å²) in [6, 6.07) is 4.64. The summed E-state index contributed by atoms with van der Waals surface area (Å²) in [5.41, 5.74) is 2.63. The van der Waals surface area contributed by atoms with Gasteiger partial charge >= 0.3 is 0 Å². The maximum atomic E-state index is 13.2. The van der Waals surface area contributed by atoms with Gasteiger partial charge in [0.1, 0.15) is 11.6 Å². The lowest BCUT2D eigenvalue weighted by Gasteiger charge is -2.06. The van der Waals surface area contributed by atoms with E-state index in [1.807, 2.05) is 11.5 Å². The number of thiazole rings is 1. The molecule has 0 radical (unpaired) electrons. The minimum Gasteiger partial charge on any atom is -0.327 e. The Balaban J connectivity index is 1.93. The summed E-state index contributed by atoms with van der Waals surface area (Å²) in [6.07, 6.45) is 0.817. The molecule has 0 aliphatic carbocycles. The number of halogens is 2. The number of alkyl halides is 1. The van der Waals surface area contributed by atoms with Crippen LogP contribution in [0, 0.1) is 12.7 Å². The van der Waals surface area contributed by atoms with Crippen LogP contribution in [0.3, 0.4) is 0 Å². The second kappa shape index (κ2) is 5.50. The van der Waals surface area contributed by atoms with Gasteiger partial charge in [-0.25, -0.2) is 14.4 Å². The van der Waals surface area contributed by atoms with Crippen LogP contribution in [0.4, 0.5) is 4.39 Å². The maximum Gasteiger partial charge on any atom is 0.125 e. The van der Waals surface area contributed by atoms with Crippen LogP contribution in [-0.4, -0.2) is 14.5 Å². The van der Waals surface area contributed by atoms with Crippen LogP contribution in [0.1, 0.15) is 16.5 Å². The van der Waals surface area contributed by atoms with Crippen LogP contribution in [0.2, 0.25) is 0 Å². The third kappa shape index (κ3) is 2.55. The number of hydrogen-bond donors (Lipinski definition) is 0. The van der Waals surface area contributed by atoms with Gasteiger partial charge in [-0.05, 0) is 19.1 Å². The fourth-order valence-electron chi connectivity index (χ4n) is 2.25. The fourth-order valence-corrected chi connectivity index (χ4v) is 3.10. The van der Waals surface area contributed by atoms with E-state index in [1.54, 1.807) is 17.4 Å². The molecule has 0 atom stereocenters. The van der Waals surface area contributed by atoms with Crippen molar-refractivity contribution in [2.24, 2.45) is 0 Å². The predicted octanol–water partition coefficient (Wildman–Crippen LogP) is 3.92. The Bertz CT molecular complexity index is 750. The SMILES string of the molecule is Cc1nc(CCn2c(CCl)nc3cc(F)ccc32)cs1. The maximum absolute atomic E-state index is 13.2. The van der Waals surface area contributed by atoms with Crippen molar-refractivity contribution in [3.05, 3.63) is 45.9 Å². The Morgan fingerprint density at radius 1 is 1.35 bits per heavy atom. The van der Waals surface area contributed by atoms with Crippen LogP contribution in [0.15, 0.2) is 23.6 Å². The van der Waals surface area contributed by atoms with Gasteiger partial charge in [0.25, 0.3) is 0 Å². The van der Waals surface area contributed by atoms with E-state index in [-0.39, 0.29) is 5.82 Å². The third-order valence-corrected chi connectivity index (χ3v) is 4.23.